The van der Waals surface area contributed by atoms with E-state index in [2.05, 4.69) is 6.92 Å². The van der Waals surface area contributed by atoms with Gasteiger partial charge >= 0.3 is 0 Å². The number of hydrogen-bond donors (Lipinski definition) is 0. The zero-order chi connectivity index (χ0) is 9.34. The Balaban J connectivity index is 1.83. The summed E-state index contributed by atoms with van der Waals surface area (Å²) < 4.78 is 0. The summed E-state index contributed by atoms with van der Waals surface area (Å²) in [6.07, 6.45) is 10.7. The van der Waals surface area contributed by atoms with E-state index in [1.165, 1.54) is 25.7 Å². The molecule has 0 radical (unpaired) electrons. The first-order valence-corrected chi connectivity index (χ1v) is 6.54. The molecule has 0 saturated heterocycles. The molecule has 4 aliphatic rings. The normalized spacial score (nSPS) is 54.2. The smallest absolute Gasteiger partial charge is 0.00226 e. The van der Waals surface area contributed by atoms with Crippen LogP contribution in [0.2, 0.25) is 0 Å². The van der Waals surface area contributed by atoms with Gasteiger partial charge in [0.2, 0.25) is 0 Å². The van der Waals surface area contributed by atoms with Crippen LogP contribution in [0.4, 0.5) is 0 Å². The van der Waals surface area contributed by atoms with E-state index in [1.54, 1.807) is 19.3 Å². The van der Waals surface area contributed by atoms with Crippen molar-refractivity contribution < 1.29 is 0 Å². The van der Waals surface area contributed by atoms with Gasteiger partial charge in [0.1, 0.15) is 0 Å². The fraction of sp³-hybridized carbons (Fsp3) is 0.857. The summed E-state index contributed by atoms with van der Waals surface area (Å²) in [6.45, 7) is 2.49. The Morgan fingerprint density at radius 1 is 1.14 bits per heavy atom. The molecule has 0 aromatic carbocycles. The molecule has 0 aromatic rings. The molecule has 4 aliphatic carbocycles. The maximum atomic E-state index is 2.49. The molecule has 4 rings (SSSR count). The summed E-state index contributed by atoms with van der Waals surface area (Å²) in [5.74, 6) is 3.30. The van der Waals surface area contributed by atoms with Gasteiger partial charge in [0.05, 0.1) is 0 Å². The number of rotatable bonds is 0. The Labute approximate surface area is 86.8 Å². The summed E-state index contributed by atoms with van der Waals surface area (Å²) in [5, 5.41) is 0. The molecule has 0 heterocycles. The molecule has 14 heavy (non-hydrogen) atoms. The highest BCUT2D eigenvalue weighted by atomic mass is 14.7. The molecular weight excluding hydrogens is 168 g/mol. The number of hydrogen-bond acceptors (Lipinski definition) is 0. The quantitative estimate of drug-likeness (QED) is 0.505. The third-order valence-electron chi connectivity index (χ3n) is 5.96. The lowest BCUT2D eigenvalue weighted by molar-refractivity contribution is 0.283. The van der Waals surface area contributed by atoms with Crippen LogP contribution in [-0.2, 0) is 0 Å². The Morgan fingerprint density at radius 2 is 2.07 bits per heavy atom. The first-order valence-electron chi connectivity index (χ1n) is 6.54. The standard InChI is InChI=1S/C14H20/c1-9-11-4-2-3-5-12(11)13-7-6-10-8-14(9,10)13/h10,12-13H,2-8H2,1H3/t10-,12+,13-,14-/m1/s1. The Hall–Kier alpha value is -0.260. The van der Waals surface area contributed by atoms with Crippen LogP contribution < -0.4 is 0 Å². The van der Waals surface area contributed by atoms with E-state index < -0.39 is 0 Å². The molecule has 0 heteroatoms. The van der Waals surface area contributed by atoms with E-state index in [0.29, 0.717) is 0 Å². The molecule has 3 saturated carbocycles. The topological polar surface area (TPSA) is 0 Å². The van der Waals surface area contributed by atoms with Crippen molar-refractivity contribution in [3.8, 4) is 0 Å². The average molecular weight is 188 g/mol. The molecule has 0 aromatic heterocycles. The van der Waals surface area contributed by atoms with Gasteiger partial charge in [0.25, 0.3) is 0 Å². The minimum absolute atomic E-state index is 0.796. The van der Waals surface area contributed by atoms with Crippen molar-refractivity contribution in [2.45, 2.75) is 51.9 Å². The second-order valence-corrected chi connectivity index (χ2v) is 6.13. The Bertz CT molecular complexity index is 325. The van der Waals surface area contributed by atoms with Gasteiger partial charge in [-0.3, -0.25) is 0 Å². The van der Waals surface area contributed by atoms with E-state index in [1.807, 2.05) is 11.1 Å². The molecule has 3 fully saturated rings. The molecule has 0 unspecified atom stereocenters. The van der Waals surface area contributed by atoms with Crippen molar-refractivity contribution >= 4 is 0 Å². The molecule has 0 nitrogen and oxygen atoms in total. The van der Waals surface area contributed by atoms with Crippen molar-refractivity contribution in [1.29, 1.82) is 0 Å². The van der Waals surface area contributed by atoms with Crippen molar-refractivity contribution in [2.75, 3.05) is 0 Å². The first-order chi connectivity index (χ1) is 6.84. The van der Waals surface area contributed by atoms with E-state index in [9.17, 15) is 0 Å². The van der Waals surface area contributed by atoms with Gasteiger partial charge in [-0.15, -0.1) is 0 Å². The van der Waals surface area contributed by atoms with Gasteiger partial charge in [-0.05, 0) is 68.6 Å². The molecule has 0 aliphatic heterocycles. The van der Waals surface area contributed by atoms with Crippen molar-refractivity contribution in [3.63, 3.8) is 0 Å². The molecular formula is C14H20. The third kappa shape index (κ3) is 0.677. The second-order valence-electron chi connectivity index (χ2n) is 6.13. The molecule has 76 valence electrons. The van der Waals surface area contributed by atoms with Gasteiger partial charge in [-0.25, -0.2) is 0 Å². The lowest BCUT2D eigenvalue weighted by Gasteiger charge is -2.27. The van der Waals surface area contributed by atoms with Crippen LogP contribution in [-0.4, -0.2) is 0 Å². The predicted molar refractivity (Wildman–Crippen MR) is 57.9 cm³/mol. The largest absolute Gasteiger partial charge is 0.0673 e. The maximum absolute atomic E-state index is 2.49. The summed E-state index contributed by atoms with van der Waals surface area (Å²) in [5.41, 5.74) is 4.61. The fourth-order valence-corrected chi connectivity index (χ4v) is 5.35. The van der Waals surface area contributed by atoms with Gasteiger partial charge in [-0.1, -0.05) is 17.6 Å². The van der Waals surface area contributed by atoms with E-state index in [0.717, 1.165) is 23.2 Å². The summed E-state index contributed by atoms with van der Waals surface area (Å²) in [7, 11) is 0. The van der Waals surface area contributed by atoms with Crippen molar-refractivity contribution in [2.24, 2.45) is 23.2 Å². The van der Waals surface area contributed by atoms with Crippen LogP contribution in [0.3, 0.4) is 0 Å². The molecule has 0 bridgehead atoms. The number of allylic oxidation sites excluding steroid dienone is 2. The summed E-state index contributed by atoms with van der Waals surface area (Å²) in [6, 6.07) is 0. The third-order valence-corrected chi connectivity index (χ3v) is 5.96. The van der Waals surface area contributed by atoms with Gasteiger partial charge in [0.15, 0.2) is 0 Å². The average Bonchev–Trinajstić information content (AvgIpc) is 2.76. The molecule has 0 N–H and O–H groups in total. The van der Waals surface area contributed by atoms with Gasteiger partial charge < -0.3 is 0 Å². The SMILES string of the molecule is CC1=C2CCCC[C@@H]2[C@H]2CC[C@@H]3C[C@@]132. The van der Waals surface area contributed by atoms with Crippen molar-refractivity contribution in [3.05, 3.63) is 11.1 Å². The minimum atomic E-state index is 0.796. The second kappa shape index (κ2) is 2.28. The van der Waals surface area contributed by atoms with E-state index in [-0.39, 0.29) is 0 Å². The van der Waals surface area contributed by atoms with Crippen LogP contribution in [0.15, 0.2) is 11.1 Å². The first kappa shape index (κ1) is 7.96. The highest BCUT2D eigenvalue weighted by molar-refractivity contribution is 5.41. The fourth-order valence-electron chi connectivity index (χ4n) is 5.35. The molecule has 4 atom stereocenters. The highest BCUT2D eigenvalue weighted by Crippen LogP contribution is 2.77. The summed E-state index contributed by atoms with van der Waals surface area (Å²) in [4.78, 5) is 0. The van der Waals surface area contributed by atoms with Gasteiger partial charge in [0, 0.05) is 0 Å². The molecule has 1 spiro atoms. The Morgan fingerprint density at radius 3 is 2.93 bits per heavy atom. The number of fused-ring (bicyclic) bond motifs is 2. The lowest BCUT2D eigenvalue weighted by Crippen LogP contribution is -2.18. The zero-order valence-corrected chi connectivity index (χ0v) is 9.18. The van der Waals surface area contributed by atoms with Crippen LogP contribution in [0, 0.1) is 23.2 Å². The van der Waals surface area contributed by atoms with Crippen LogP contribution in [0.25, 0.3) is 0 Å². The Kier molecular flexibility index (Phi) is 1.30. The van der Waals surface area contributed by atoms with Crippen LogP contribution in [0.1, 0.15) is 51.9 Å². The summed E-state index contributed by atoms with van der Waals surface area (Å²) >= 11 is 0. The predicted octanol–water partition coefficient (Wildman–Crippen LogP) is 3.92. The van der Waals surface area contributed by atoms with Crippen LogP contribution >= 0.6 is 0 Å². The zero-order valence-electron chi connectivity index (χ0n) is 9.18. The molecule has 0 amide bonds. The van der Waals surface area contributed by atoms with Crippen LogP contribution in [0.5, 0.6) is 0 Å². The highest BCUT2D eigenvalue weighted by Gasteiger charge is 2.68. The van der Waals surface area contributed by atoms with Crippen molar-refractivity contribution in [1.82, 2.24) is 0 Å². The van der Waals surface area contributed by atoms with Gasteiger partial charge in [-0.2, -0.15) is 0 Å². The maximum Gasteiger partial charge on any atom is -0.00226 e. The van der Waals surface area contributed by atoms with E-state index in [4.69, 9.17) is 0 Å². The lowest BCUT2D eigenvalue weighted by atomic mass is 9.77. The van der Waals surface area contributed by atoms with E-state index >= 15 is 0 Å². The minimum Gasteiger partial charge on any atom is -0.0673 e. The monoisotopic (exact) mass is 188 g/mol.